The van der Waals surface area contributed by atoms with Gasteiger partial charge in [-0.25, -0.2) is 4.98 Å². The number of nitrogens with one attached hydrogen (secondary N) is 1. The fourth-order valence-corrected chi connectivity index (χ4v) is 2.02. The van der Waals surface area contributed by atoms with Gasteiger partial charge in [-0.1, -0.05) is 0 Å². The second kappa shape index (κ2) is 3.42. The fraction of sp³-hybridized carbons (Fsp3) is 0.556. The van der Waals surface area contributed by atoms with Crippen molar-refractivity contribution in [2.24, 2.45) is 5.73 Å². The highest BCUT2D eigenvalue weighted by Gasteiger charge is 2.38. The zero-order valence-electron chi connectivity index (χ0n) is 8.10. The molecule has 2 heterocycles. The highest BCUT2D eigenvalue weighted by Crippen LogP contribution is 2.29. The monoisotopic (exact) mass is 194 g/mol. The second-order valence-corrected chi connectivity index (χ2v) is 3.50. The number of nitrogens with two attached hydrogens (primary N) is 1. The molecule has 1 amide bonds. The topological polar surface area (TPSA) is 75.0 Å². The largest absolute Gasteiger partial charge is 0.347 e. The van der Waals surface area contributed by atoms with Crippen molar-refractivity contribution in [3.63, 3.8) is 0 Å². The van der Waals surface area contributed by atoms with Gasteiger partial charge in [-0.15, -0.1) is 0 Å². The van der Waals surface area contributed by atoms with Gasteiger partial charge in [0.05, 0.1) is 24.3 Å². The van der Waals surface area contributed by atoms with Crippen LogP contribution in [0.3, 0.4) is 0 Å². The minimum absolute atomic E-state index is 0.0324. The molecule has 1 fully saturated rings. The van der Waals surface area contributed by atoms with Crippen molar-refractivity contribution in [1.29, 1.82) is 0 Å². The van der Waals surface area contributed by atoms with Crippen LogP contribution in [0.2, 0.25) is 0 Å². The van der Waals surface area contributed by atoms with E-state index in [0.29, 0.717) is 13.0 Å². The van der Waals surface area contributed by atoms with Crippen LogP contribution in [0.25, 0.3) is 0 Å². The molecule has 2 atom stereocenters. The number of likely N-dealkylation sites (tertiary alicyclic amines) is 1. The van der Waals surface area contributed by atoms with Crippen LogP contribution in [0, 0.1) is 0 Å². The number of carbonyl (C=O) groups is 1. The summed E-state index contributed by atoms with van der Waals surface area (Å²) in [5.41, 5.74) is 6.84. The second-order valence-electron chi connectivity index (χ2n) is 3.50. The molecular formula is C9H14N4O. The number of likely N-dealkylation sites (N-methyl/N-ethyl adjacent to an activating group) is 1. The molecule has 1 aromatic rings. The third kappa shape index (κ3) is 1.29. The Kier molecular flexibility index (Phi) is 2.25. The first kappa shape index (κ1) is 9.21. The average Bonchev–Trinajstić information content (AvgIpc) is 2.72. The molecule has 0 radical (unpaired) electrons. The van der Waals surface area contributed by atoms with E-state index in [4.69, 9.17) is 5.73 Å². The van der Waals surface area contributed by atoms with Gasteiger partial charge in [0, 0.05) is 19.0 Å². The molecule has 2 rings (SSSR count). The van der Waals surface area contributed by atoms with Crippen LogP contribution in [0.5, 0.6) is 0 Å². The van der Waals surface area contributed by atoms with E-state index in [-0.39, 0.29) is 18.0 Å². The van der Waals surface area contributed by atoms with Gasteiger partial charge in [0.15, 0.2) is 0 Å². The lowest BCUT2D eigenvalue weighted by molar-refractivity contribution is -0.128. The Bertz CT molecular complexity index is 322. The first-order valence-corrected chi connectivity index (χ1v) is 4.77. The van der Waals surface area contributed by atoms with Crippen molar-refractivity contribution in [3.8, 4) is 0 Å². The van der Waals surface area contributed by atoms with Crippen LogP contribution in [0.15, 0.2) is 12.5 Å². The Morgan fingerprint density at radius 1 is 1.79 bits per heavy atom. The maximum atomic E-state index is 11.5. The number of hydrogen-bond acceptors (Lipinski definition) is 3. The van der Waals surface area contributed by atoms with E-state index in [2.05, 4.69) is 9.97 Å². The van der Waals surface area contributed by atoms with Crippen molar-refractivity contribution in [2.75, 3.05) is 6.54 Å². The van der Waals surface area contributed by atoms with Crippen molar-refractivity contribution < 1.29 is 4.79 Å². The first-order chi connectivity index (χ1) is 6.74. The van der Waals surface area contributed by atoms with E-state index in [1.54, 1.807) is 17.4 Å². The summed E-state index contributed by atoms with van der Waals surface area (Å²) in [6.07, 6.45) is 3.77. The lowest BCUT2D eigenvalue weighted by atomic mass is 10.1. The molecule has 0 aliphatic carbocycles. The Morgan fingerprint density at radius 3 is 3.14 bits per heavy atom. The van der Waals surface area contributed by atoms with Gasteiger partial charge >= 0.3 is 0 Å². The Hall–Kier alpha value is -1.36. The molecule has 1 aliphatic heterocycles. The predicted octanol–water partition coefficient (Wildman–Crippen LogP) is 0.0303. The summed E-state index contributed by atoms with van der Waals surface area (Å²) in [7, 11) is 0. The molecule has 0 unspecified atom stereocenters. The number of hydrogen-bond donors (Lipinski definition) is 2. The number of rotatable bonds is 2. The van der Waals surface area contributed by atoms with Crippen molar-refractivity contribution in [3.05, 3.63) is 18.2 Å². The molecule has 0 spiro atoms. The number of carbonyl (C=O) groups excluding carboxylic acids is 1. The van der Waals surface area contributed by atoms with Crippen LogP contribution in [-0.4, -0.2) is 33.4 Å². The number of aromatic amines is 1. The minimum atomic E-state index is -0.122. The zero-order chi connectivity index (χ0) is 10.1. The summed E-state index contributed by atoms with van der Waals surface area (Å²) in [5, 5.41) is 0. The summed E-state index contributed by atoms with van der Waals surface area (Å²) < 4.78 is 0. The Labute approximate surface area is 82.3 Å². The molecule has 1 aromatic heterocycles. The maximum Gasteiger partial charge on any atom is 0.224 e. The first-order valence-electron chi connectivity index (χ1n) is 4.77. The number of nitrogens with zero attached hydrogens (tertiary/aromatic N) is 2. The van der Waals surface area contributed by atoms with Gasteiger partial charge in [0.25, 0.3) is 0 Å². The third-order valence-electron chi connectivity index (χ3n) is 2.65. The number of imidazole rings is 1. The highest BCUT2D eigenvalue weighted by molar-refractivity contribution is 5.80. The summed E-state index contributed by atoms with van der Waals surface area (Å²) in [6.45, 7) is 2.65. The van der Waals surface area contributed by atoms with E-state index in [0.717, 1.165) is 5.69 Å². The van der Waals surface area contributed by atoms with E-state index in [1.165, 1.54) is 0 Å². The fourth-order valence-electron chi connectivity index (χ4n) is 2.02. The van der Waals surface area contributed by atoms with Crippen LogP contribution in [-0.2, 0) is 4.79 Å². The number of H-pyrrole nitrogens is 1. The van der Waals surface area contributed by atoms with Crippen LogP contribution in [0.4, 0.5) is 0 Å². The van der Waals surface area contributed by atoms with Gasteiger partial charge in [-0.2, -0.15) is 0 Å². The molecule has 3 N–H and O–H groups in total. The Balaban J connectivity index is 2.28. The predicted molar refractivity (Wildman–Crippen MR) is 51.3 cm³/mol. The van der Waals surface area contributed by atoms with Gasteiger partial charge in [-0.3, -0.25) is 4.79 Å². The summed E-state index contributed by atoms with van der Waals surface area (Å²) in [4.78, 5) is 20.3. The molecule has 0 bridgehead atoms. The molecule has 0 aromatic carbocycles. The standard InChI is InChI=1S/C9H14N4O/c1-2-13-8(14)3-6(10)9(13)7-4-11-5-12-7/h4-6,9H,2-3,10H2,1H3,(H,11,12)/t6-,9-/m0/s1. The van der Waals surface area contributed by atoms with E-state index >= 15 is 0 Å². The SMILES string of the molecule is CCN1C(=O)C[C@H](N)[C@H]1c1cnc[nH]1. The smallest absolute Gasteiger partial charge is 0.224 e. The average molecular weight is 194 g/mol. The summed E-state index contributed by atoms with van der Waals surface area (Å²) >= 11 is 0. The molecule has 1 aliphatic rings. The van der Waals surface area contributed by atoms with E-state index in [9.17, 15) is 4.79 Å². The van der Waals surface area contributed by atoms with Crippen molar-refractivity contribution in [2.45, 2.75) is 25.4 Å². The lowest BCUT2D eigenvalue weighted by Crippen LogP contribution is -2.33. The molecule has 1 saturated heterocycles. The zero-order valence-corrected chi connectivity index (χ0v) is 8.10. The van der Waals surface area contributed by atoms with Crippen LogP contribution < -0.4 is 5.73 Å². The molecule has 76 valence electrons. The van der Waals surface area contributed by atoms with E-state index in [1.807, 2.05) is 6.92 Å². The molecule has 14 heavy (non-hydrogen) atoms. The van der Waals surface area contributed by atoms with Gasteiger partial charge in [0.1, 0.15) is 0 Å². The normalized spacial score (nSPS) is 27.3. The summed E-state index contributed by atoms with van der Waals surface area (Å²) in [6, 6.07) is -0.155. The van der Waals surface area contributed by atoms with Crippen LogP contribution in [0.1, 0.15) is 25.1 Å². The molecular weight excluding hydrogens is 180 g/mol. The third-order valence-corrected chi connectivity index (χ3v) is 2.65. The van der Waals surface area contributed by atoms with Gasteiger partial charge in [0.2, 0.25) is 5.91 Å². The highest BCUT2D eigenvalue weighted by atomic mass is 16.2. The Morgan fingerprint density at radius 2 is 2.57 bits per heavy atom. The number of amides is 1. The lowest BCUT2D eigenvalue weighted by Gasteiger charge is -2.24. The molecule has 0 saturated carbocycles. The maximum absolute atomic E-state index is 11.5. The summed E-state index contributed by atoms with van der Waals surface area (Å²) in [5.74, 6) is 0.125. The molecule has 5 heteroatoms. The molecule has 5 nitrogen and oxygen atoms in total. The minimum Gasteiger partial charge on any atom is -0.347 e. The number of aromatic nitrogens is 2. The van der Waals surface area contributed by atoms with Gasteiger partial charge in [-0.05, 0) is 6.92 Å². The quantitative estimate of drug-likeness (QED) is 0.697. The van der Waals surface area contributed by atoms with Crippen molar-refractivity contribution in [1.82, 2.24) is 14.9 Å². The van der Waals surface area contributed by atoms with E-state index < -0.39 is 0 Å². The van der Waals surface area contributed by atoms with Crippen molar-refractivity contribution >= 4 is 5.91 Å². The van der Waals surface area contributed by atoms with Crippen LogP contribution >= 0.6 is 0 Å². The van der Waals surface area contributed by atoms with Gasteiger partial charge < -0.3 is 15.6 Å².